The van der Waals surface area contributed by atoms with Gasteiger partial charge in [0, 0.05) is 18.3 Å². The number of fused-ring (bicyclic) bond motifs is 1. The van der Waals surface area contributed by atoms with E-state index >= 15 is 0 Å². The molecule has 0 aromatic heterocycles. The van der Waals surface area contributed by atoms with Crippen molar-refractivity contribution in [1.82, 2.24) is 0 Å². The van der Waals surface area contributed by atoms with Crippen LogP contribution in [-0.4, -0.2) is 30.3 Å². The van der Waals surface area contributed by atoms with Gasteiger partial charge in [-0.3, -0.25) is 4.99 Å². The highest BCUT2D eigenvalue weighted by Crippen LogP contribution is 2.37. The molecule has 29 heavy (non-hydrogen) atoms. The zero-order valence-corrected chi connectivity index (χ0v) is 16.5. The molecule has 0 heterocycles. The van der Waals surface area contributed by atoms with Crippen molar-refractivity contribution in [2.24, 2.45) is 9.98 Å². The number of nitrogens with zero attached hydrogens (tertiary/aromatic N) is 2. The lowest BCUT2D eigenvalue weighted by molar-refractivity contribution is -0.138. The lowest BCUT2D eigenvalue weighted by Gasteiger charge is -2.15. The number of hydrogen-bond acceptors (Lipinski definition) is 3. The van der Waals surface area contributed by atoms with Gasteiger partial charge in [0.25, 0.3) is 0 Å². The molecule has 0 fully saturated rings. The molecule has 1 atom stereocenters. The standard InChI is InChI=1S/C22H23F3N2O2/c1-4-29-20-11-8-14(12-18(20)22(23,24)25)13(2)27-21(26-3)17-7-5-6-16-15(17)9-10-19(16)28/h5-8,11-12,19,28H,4,9-10H2,1-3H3. The fraction of sp³-hybridized carbons (Fsp3) is 0.364. The van der Waals surface area contributed by atoms with Gasteiger partial charge < -0.3 is 9.84 Å². The third kappa shape index (κ3) is 4.34. The molecule has 0 saturated heterocycles. The van der Waals surface area contributed by atoms with Crippen molar-refractivity contribution in [3.05, 3.63) is 64.2 Å². The minimum Gasteiger partial charge on any atom is -0.493 e. The first-order valence-electron chi connectivity index (χ1n) is 9.43. The minimum atomic E-state index is -4.53. The largest absolute Gasteiger partial charge is 0.493 e. The molecule has 1 unspecified atom stereocenters. The maximum atomic E-state index is 13.4. The summed E-state index contributed by atoms with van der Waals surface area (Å²) < 4.78 is 45.4. The molecule has 0 amide bonds. The third-order valence-corrected chi connectivity index (χ3v) is 4.97. The van der Waals surface area contributed by atoms with Crippen LogP contribution in [0.15, 0.2) is 46.4 Å². The van der Waals surface area contributed by atoms with Gasteiger partial charge in [0.1, 0.15) is 5.75 Å². The molecule has 0 spiro atoms. The normalized spacial score (nSPS) is 17.4. The van der Waals surface area contributed by atoms with Crippen LogP contribution in [0.25, 0.3) is 0 Å². The maximum absolute atomic E-state index is 13.4. The lowest BCUT2D eigenvalue weighted by Crippen LogP contribution is -2.11. The van der Waals surface area contributed by atoms with E-state index in [1.54, 1.807) is 27.0 Å². The number of halogens is 3. The summed E-state index contributed by atoms with van der Waals surface area (Å²) in [5, 5.41) is 10.1. The van der Waals surface area contributed by atoms with Crippen molar-refractivity contribution in [1.29, 1.82) is 0 Å². The maximum Gasteiger partial charge on any atom is 0.419 e. The molecule has 0 bridgehead atoms. The van der Waals surface area contributed by atoms with Crippen LogP contribution >= 0.6 is 0 Å². The van der Waals surface area contributed by atoms with E-state index in [0.717, 1.165) is 22.8 Å². The van der Waals surface area contributed by atoms with E-state index in [4.69, 9.17) is 4.74 Å². The highest BCUT2D eigenvalue weighted by molar-refractivity contribution is 6.12. The number of rotatable bonds is 4. The Hall–Kier alpha value is -2.67. The van der Waals surface area contributed by atoms with Gasteiger partial charge in [0.2, 0.25) is 0 Å². The second-order valence-electron chi connectivity index (χ2n) is 6.81. The van der Waals surface area contributed by atoms with E-state index in [-0.39, 0.29) is 12.4 Å². The molecule has 7 heteroatoms. The third-order valence-electron chi connectivity index (χ3n) is 4.97. The van der Waals surface area contributed by atoms with Crippen molar-refractivity contribution in [3.63, 3.8) is 0 Å². The first kappa shape index (κ1) is 21.0. The summed E-state index contributed by atoms with van der Waals surface area (Å²) in [6.07, 6.45) is -3.69. The van der Waals surface area contributed by atoms with Crippen molar-refractivity contribution in [2.75, 3.05) is 13.7 Å². The Kier molecular flexibility index (Phi) is 6.07. The molecule has 1 aliphatic rings. The van der Waals surface area contributed by atoms with Crippen LogP contribution in [0.4, 0.5) is 13.2 Å². The van der Waals surface area contributed by atoms with Gasteiger partial charge in [0.15, 0.2) is 5.84 Å². The summed E-state index contributed by atoms with van der Waals surface area (Å²) in [5.74, 6) is 0.228. The summed E-state index contributed by atoms with van der Waals surface area (Å²) in [6.45, 7) is 3.44. The van der Waals surface area contributed by atoms with Crippen molar-refractivity contribution >= 4 is 11.5 Å². The summed E-state index contributed by atoms with van der Waals surface area (Å²) in [5.41, 5.74) is 2.56. The van der Waals surface area contributed by atoms with Crippen LogP contribution in [0.3, 0.4) is 0 Å². The summed E-state index contributed by atoms with van der Waals surface area (Å²) in [6, 6.07) is 9.51. The first-order valence-corrected chi connectivity index (χ1v) is 9.43. The van der Waals surface area contributed by atoms with Gasteiger partial charge in [-0.15, -0.1) is 0 Å². The predicted molar refractivity (Wildman–Crippen MR) is 107 cm³/mol. The molecule has 2 aromatic rings. The Labute approximate surface area is 167 Å². The smallest absolute Gasteiger partial charge is 0.419 e. The number of amidine groups is 1. The molecule has 0 radical (unpaired) electrons. The van der Waals surface area contributed by atoms with Crippen LogP contribution in [-0.2, 0) is 12.6 Å². The van der Waals surface area contributed by atoms with Gasteiger partial charge in [-0.2, -0.15) is 13.2 Å². The Bertz CT molecular complexity index is 965. The first-order chi connectivity index (χ1) is 13.8. The molecule has 0 saturated carbocycles. The van der Waals surface area contributed by atoms with Crippen LogP contribution in [0, 0.1) is 0 Å². The molecule has 4 nitrogen and oxygen atoms in total. The van der Waals surface area contributed by atoms with Crippen molar-refractivity contribution < 1.29 is 23.0 Å². The molecular weight excluding hydrogens is 381 g/mol. The molecule has 3 rings (SSSR count). The number of alkyl halides is 3. The van der Waals surface area contributed by atoms with Crippen molar-refractivity contribution in [2.45, 2.75) is 39.0 Å². The van der Waals surface area contributed by atoms with Crippen LogP contribution in [0.5, 0.6) is 5.75 Å². The van der Waals surface area contributed by atoms with Crippen LogP contribution < -0.4 is 4.74 Å². The lowest BCUT2D eigenvalue weighted by atomic mass is 10.0. The van der Waals surface area contributed by atoms with Gasteiger partial charge in [-0.25, -0.2) is 4.99 Å². The molecule has 0 aliphatic heterocycles. The minimum absolute atomic E-state index is 0.146. The quantitative estimate of drug-likeness (QED) is 0.578. The van der Waals surface area contributed by atoms with Crippen molar-refractivity contribution in [3.8, 4) is 5.75 Å². The predicted octanol–water partition coefficient (Wildman–Crippen LogP) is 4.97. The van der Waals surface area contributed by atoms with Gasteiger partial charge >= 0.3 is 6.18 Å². The number of aliphatic hydroxyl groups excluding tert-OH is 1. The molecule has 1 N–H and O–H groups in total. The van der Waals surface area contributed by atoms with E-state index in [0.29, 0.717) is 30.0 Å². The monoisotopic (exact) mass is 404 g/mol. The van der Waals surface area contributed by atoms with Gasteiger partial charge in [-0.05, 0) is 61.6 Å². The van der Waals surface area contributed by atoms with E-state index in [9.17, 15) is 18.3 Å². The zero-order valence-electron chi connectivity index (χ0n) is 16.5. The summed E-state index contributed by atoms with van der Waals surface area (Å²) in [7, 11) is 1.59. The number of benzene rings is 2. The fourth-order valence-electron chi connectivity index (χ4n) is 3.55. The zero-order chi connectivity index (χ0) is 21.2. The molecule has 1 aliphatic carbocycles. The summed E-state index contributed by atoms with van der Waals surface area (Å²) >= 11 is 0. The second-order valence-corrected chi connectivity index (χ2v) is 6.81. The van der Waals surface area contributed by atoms with E-state index in [1.165, 1.54) is 6.07 Å². The Morgan fingerprint density at radius 3 is 2.66 bits per heavy atom. The second kappa shape index (κ2) is 8.37. The van der Waals surface area contributed by atoms with E-state index in [2.05, 4.69) is 9.98 Å². The fourth-order valence-corrected chi connectivity index (χ4v) is 3.55. The topological polar surface area (TPSA) is 54.2 Å². The van der Waals surface area contributed by atoms with E-state index in [1.807, 2.05) is 18.2 Å². The van der Waals surface area contributed by atoms with Gasteiger partial charge in [0.05, 0.1) is 18.3 Å². The Morgan fingerprint density at radius 1 is 1.24 bits per heavy atom. The Morgan fingerprint density at radius 2 is 2.00 bits per heavy atom. The summed E-state index contributed by atoms with van der Waals surface area (Å²) in [4.78, 5) is 8.76. The number of aliphatic hydroxyl groups is 1. The highest BCUT2D eigenvalue weighted by atomic mass is 19.4. The van der Waals surface area contributed by atoms with Gasteiger partial charge in [-0.1, -0.05) is 18.2 Å². The number of aliphatic imine (C=N–C) groups is 2. The Balaban J connectivity index is 2.01. The SMILES string of the molecule is CCOc1ccc(C(C)=NC(=NC)c2cccc3c2CCC3O)cc1C(F)(F)F. The number of ether oxygens (including phenoxy) is 1. The molecule has 2 aromatic carbocycles. The number of hydrogen-bond donors (Lipinski definition) is 1. The average Bonchev–Trinajstić information content (AvgIpc) is 3.07. The van der Waals surface area contributed by atoms with E-state index < -0.39 is 17.8 Å². The molecule has 154 valence electrons. The average molecular weight is 404 g/mol. The van der Waals surface area contributed by atoms with Crippen LogP contribution in [0.2, 0.25) is 0 Å². The highest BCUT2D eigenvalue weighted by Gasteiger charge is 2.35. The van der Waals surface area contributed by atoms with Crippen LogP contribution in [0.1, 0.15) is 54.2 Å². The molecular formula is C22H23F3N2O2.